The summed E-state index contributed by atoms with van der Waals surface area (Å²) >= 11 is 0. The minimum atomic E-state index is -3.68. The van der Waals surface area contributed by atoms with Crippen LogP contribution < -0.4 is 10.6 Å². The highest BCUT2D eigenvalue weighted by atomic mass is 32.2. The van der Waals surface area contributed by atoms with Crippen LogP contribution in [0.5, 0.6) is 0 Å². The Morgan fingerprint density at radius 3 is 2.35 bits per heavy atom. The van der Waals surface area contributed by atoms with Crippen molar-refractivity contribution >= 4 is 27.5 Å². The van der Waals surface area contributed by atoms with E-state index in [1.807, 2.05) is 7.05 Å². The number of para-hydroxylation sites is 1. The molecule has 9 heteroatoms. The van der Waals surface area contributed by atoms with Crippen molar-refractivity contribution in [2.45, 2.75) is 23.8 Å². The van der Waals surface area contributed by atoms with Gasteiger partial charge in [0.25, 0.3) is 11.8 Å². The first kappa shape index (κ1) is 21.5. The van der Waals surface area contributed by atoms with E-state index in [1.54, 1.807) is 36.4 Å². The molecular weight excluding hydrogens is 416 g/mol. The molecule has 1 saturated carbocycles. The van der Waals surface area contributed by atoms with Crippen LogP contribution in [-0.2, 0) is 10.0 Å². The van der Waals surface area contributed by atoms with Crippen LogP contribution in [0.2, 0.25) is 0 Å². The van der Waals surface area contributed by atoms with Crippen LogP contribution in [0.1, 0.15) is 33.6 Å². The number of likely N-dealkylation sites (N-methyl/N-ethyl adjacent to an activating group) is 1. The molecule has 2 fully saturated rings. The quantitative estimate of drug-likeness (QED) is 0.710. The minimum absolute atomic E-state index is 0.0875. The van der Waals surface area contributed by atoms with E-state index >= 15 is 0 Å². The fraction of sp³-hybridized carbons (Fsp3) is 0.364. The van der Waals surface area contributed by atoms with Crippen molar-refractivity contribution < 1.29 is 18.0 Å². The number of sulfonamides is 1. The van der Waals surface area contributed by atoms with Crippen LogP contribution in [-0.4, -0.2) is 68.7 Å². The highest BCUT2D eigenvalue weighted by Crippen LogP contribution is 2.23. The summed E-state index contributed by atoms with van der Waals surface area (Å²) in [5.41, 5.74) is 0.981. The van der Waals surface area contributed by atoms with E-state index in [0.29, 0.717) is 37.4 Å². The molecule has 2 N–H and O–H groups in total. The topological polar surface area (TPSA) is 98.8 Å². The zero-order valence-corrected chi connectivity index (χ0v) is 18.2. The molecule has 0 atom stereocenters. The number of nitrogens with zero attached hydrogens (tertiary/aromatic N) is 2. The van der Waals surface area contributed by atoms with Crippen molar-refractivity contribution in [1.29, 1.82) is 0 Å². The van der Waals surface area contributed by atoms with E-state index in [2.05, 4.69) is 15.5 Å². The largest absolute Gasteiger partial charge is 0.349 e. The summed E-state index contributed by atoms with van der Waals surface area (Å²) in [6, 6.07) is 13.0. The summed E-state index contributed by atoms with van der Waals surface area (Å²) in [6.07, 6.45) is 1.93. The second-order valence-electron chi connectivity index (χ2n) is 7.98. The number of rotatable bonds is 6. The van der Waals surface area contributed by atoms with Gasteiger partial charge in [-0.25, -0.2) is 8.42 Å². The van der Waals surface area contributed by atoms with Crippen LogP contribution in [0.4, 0.5) is 5.69 Å². The first-order valence-electron chi connectivity index (χ1n) is 10.3. The van der Waals surface area contributed by atoms with Crippen LogP contribution in [0.3, 0.4) is 0 Å². The van der Waals surface area contributed by atoms with E-state index < -0.39 is 15.9 Å². The maximum atomic E-state index is 13.0. The van der Waals surface area contributed by atoms with Crippen molar-refractivity contribution in [2.24, 2.45) is 0 Å². The molecule has 164 valence electrons. The van der Waals surface area contributed by atoms with Gasteiger partial charge in [0.15, 0.2) is 0 Å². The van der Waals surface area contributed by atoms with Gasteiger partial charge in [-0.1, -0.05) is 18.2 Å². The minimum Gasteiger partial charge on any atom is -0.349 e. The second-order valence-corrected chi connectivity index (χ2v) is 9.92. The second kappa shape index (κ2) is 8.78. The molecule has 2 aromatic rings. The maximum absolute atomic E-state index is 13.0. The molecule has 4 rings (SSSR count). The SMILES string of the molecule is CN1CCN(S(=O)(=O)c2cccc(C(=O)Nc3ccccc3C(=O)NC3CC3)c2)CC1. The van der Waals surface area contributed by atoms with Crippen LogP contribution >= 0.6 is 0 Å². The predicted molar refractivity (Wildman–Crippen MR) is 118 cm³/mol. The Morgan fingerprint density at radius 1 is 0.935 bits per heavy atom. The van der Waals surface area contributed by atoms with Crippen LogP contribution in [0, 0.1) is 0 Å². The Morgan fingerprint density at radius 2 is 1.65 bits per heavy atom. The molecular formula is C22H26N4O4S. The smallest absolute Gasteiger partial charge is 0.255 e. The molecule has 1 aliphatic heterocycles. The third kappa shape index (κ3) is 4.95. The third-order valence-electron chi connectivity index (χ3n) is 5.53. The lowest BCUT2D eigenvalue weighted by Crippen LogP contribution is -2.47. The van der Waals surface area contributed by atoms with Crippen LogP contribution in [0.15, 0.2) is 53.4 Å². The molecule has 31 heavy (non-hydrogen) atoms. The van der Waals surface area contributed by atoms with Gasteiger partial charge in [0.05, 0.1) is 16.1 Å². The van der Waals surface area contributed by atoms with E-state index in [9.17, 15) is 18.0 Å². The average Bonchev–Trinajstić information content (AvgIpc) is 3.58. The number of nitrogens with one attached hydrogen (secondary N) is 2. The van der Waals surface area contributed by atoms with Gasteiger partial charge in [-0.2, -0.15) is 4.31 Å². The van der Waals surface area contributed by atoms with Crippen molar-refractivity contribution in [3.05, 3.63) is 59.7 Å². The van der Waals surface area contributed by atoms with Gasteiger partial charge in [-0.15, -0.1) is 0 Å². The fourth-order valence-electron chi connectivity index (χ4n) is 3.45. The molecule has 0 spiro atoms. The molecule has 0 unspecified atom stereocenters. The monoisotopic (exact) mass is 442 g/mol. The van der Waals surface area contributed by atoms with Crippen molar-refractivity contribution in [3.63, 3.8) is 0 Å². The van der Waals surface area contributed by atoms with Gasteiger partial charge in [0, 0.05) is 37.8 Å². The highest BCUT2D eigenvalue weighted by molar-refractivity contribution is 7.89. The van der Waals surface area contributed by atoms with Crippen molar-refractivity contribution in [1.82, 2.24) is 14.5 Å². The van der Waals surface area contributed by atoms with Gasteiger partial charge in [0.2, 0.25) is 10.0 Å². The van der Waals surface area contributed by atoms with Gasteiger partial charge in [-0.3, -0.25) is 9.59 Å². The number of hydrogen-bond donors (Lipinski definition) is 2. The number of benzene rings is 2. The van der Waals surface area contributed by atoms with E-state index in [4.69, 9.17) is 0 Å². The summed E-state index contributed by atoms with van der Waals surface area (Å²) in [4.78, 5) is 27.5. The Bertz CT molecular complexity index is 1090. The van der Waals surface area contributed by atoms with Crippen LogP contribution in [0.25, 0.3) is 0 Å². The third-order valence-corrected chi connectivity index (χ3v) is 7.42. The number of carbonyl (C=O) groups excluding carboxylic acids is 2. The number of carbonyl (C=O) groups is 2. The summed E-state index contributed by atoms with van der Waals surface area (Å²) in [7, 11) is -1.72. The molecule has 1 aliphatic carbocycles. The molecule has 2 amide bonds. The molecule has 0 aromatic heterocycles. The number of hydrogen-bond acceptors (Lipinski definition) is 5. The first-order chi connectivity index (χ1) is 14.8. The lowest BCUT2D eigenvalue weighted by atomic mass is 10.1. The Labute approximate surface area is 182 Å². The normalized spacial score (nSPS) is 17.8. The standard InChI is InChI=1S/C22H26N4O4S/c1-25-11-13-26(14-12-25)31(29,30)18-6-4-5-16(15-18)21(27)24-20-8-3-2-7-19(20)22(28)23-17-9-10-17/h2-8,15,17H,9-14H2,1H3,(H,23,28)(H,24,27). The Balaban J connectivity index is 1.52. The number of piperazine rings is 1. The first-order valence-corrected chi connectivity index (χ1v) is 11.8. The summed E-state index contributed by atoms with van der Waals surface area (Å²) < 4.78 is 27.4. The van der Waals surface area contributed by atoms with Gasteiger partial charge in [0.1, 0.15) is 0 Å². The Kier molecular flexibility index (Phi) is 6.08. The lowest BCUT2D eigenvalue weighted by Gasteiger charge is -2.31. The maximum Gasteiger partial charge on any atom is 0.255 e. The number of anilines is 1. The zero-order chi connectivity index (χ0) is 22.0. The molecule has 1 heterocycles. The molecule has 8 nitrogen and oxygen atoms in total. The molecule has 2 aliphatic rings. The lowest BCUT2D eigenvalue weighted by molar-refractivity contribution is 0.0952. The zero-order valence-electron chi connectivity index (χ0n) is 17.4. The highest BCUT2D eigenvalue weighted by Gasteiger charge is 2.28. The van der Waals surface area contributed by atoms with E-state index in [1.165, 1.54) is 16.4 Å². The summed E-state index contributed by atoms with van der Waals surface area (Å²) in [5.74, 6) is -0.702. The van der Waals surface area contributed by atoms with E-state index in [-0.39, 0.29) is 22.4 Å². The predicted octanol–water partition coefficient (Wildman–Crippen LogP) is 1.77. The van der Waals surface area contributed by atoms with Crippen molar-refractivity contribution in [3.8, 4) is 0 Å². The molecule has 1 saturated heterocycles. The Hall–Kier alpha value is -2.75. The molecule has 0 radical (unpaired) electrons. The summed E-state index contributed by atoms with van der Waals surface area (Å²) in [5, 5.41) is 5.66. The van der Waals surface area contributed by atoms with Gasteiger partial charge in [-0.05, 0) is 50.2 Å². The van der Waals surface area contributed by atoms with Crippen molar-refractivity contribution in [2.75, 3.05) is 38.5 Å². The average molecular weight is 443 g/mol. The molecule has 0 bridgehead atoms. The van der Waals surface area contributed by atoms with Gasteiger partial charge >= 0.3 is 0 Å². The summed E-state index contributed by atoms with van der Waals surface area (Å²) in [6.45, 7) is 2.16. The van der Waals surface area contributed by atoms with Gasteiger partial charge < -0.3 is 15.5 Å². The molecule has 2 aromatic carbocycles. The fourth-order valence-corrected chi connectivity index (χ4v) is 4.92. The number of amides is 2. The van der Waals surface area contributed by atoms with E-state index in [0.717, 1.165) is 12.8 Å².